The highest BCUT2D eigenvalue weighted by Crippen LogP contribution is 2.36. The zero-order valence-corrected chi connectivity index (χ0v) is 15.4. The number of piperidine rings is 1. The van der Waals surface area contributed by atoms with Gasteiger partial charge in [-0.1, -0.05) is 18.2 Å². The molecule has 1 aromatic carbocycles. The molecule has 2 aromatic heterocycles. The highest BCUT2D eigenvalue weighted by atomic mass is 32.1. The Morgan fingerprint density at radius 1 is 1.23 bits per heavy atom. The summed E-state index contributed by atoms with van der Waals surface area (Å²) in [4.78, 5) is 23.4. The van der Waals surface area contributed by atoms with Crippen LogP contribution in [0.25, 0.3) is 10.2 Å². The van der Waals surface area contributed by atoms with Crippen LogP contribution in [0.1, 0.15) is 35.3 Å². The number of hydrogen-bond donors (Lipinski definition) is 1. The smallest absolute Gasteiger partial charge is 0.307 e. The molecule has 1 N–H and O–H groups in total. The molecule has 0 spiro atoms. The second-order valence-corrected chi connectivity index (χ2v) is 7.86. The van der Waals surface area contributed by atoms with Crippen molar-refractivity contribution in [2.75, 3.05) is 13.1 Å². The first-order valence-electron chi connectivity index (χ1n) is 8.87. The Kier molecular flexibility index (Phi) is 4.70. The monoisotopic (exact) mass is 367 g/mol. The summed E-state index contributed by atoms with van der Waals surface area (Å²) in [5.74, 6) is -1.04. The molecule has 6 heteroatoms. The topological polar surface area (TPSA) is 66.3 Å². The number of nitrogens with zero attached hydrogens (tertiary/aromatic N) is 3. The van der Waals surface area contributed by atoms with E-state index in [-0.39, 0.29) is 12.0 Å². The number of rotatable bonds is 4. The maximum atomic E-state index is 11.5. The summed E-state index contributed by atoms with van der Waals surface area (Å²) in [6.07, 6.45) is 1.61. The molecule has 0 saturated carbocycles. The fourth-order valence-electron chi connectivity index (χ4n) is 3.64. The lowest BCUT2D eigenvalue weighted by Crippen LogP contribution is -2.41. The van der Waals surface area contributed by atoms with Crippen molar-refractivity contribution < 1.29 is 9.90 Å². The average molecular weight is 367 g/mol. The predicted molar refractivity (Wildman–Crippen MR) is 102 cm³/mol. The first-order valence-corrected chi connectivity index (χ1v) is 9.69. The van der Waals surface area contributed by atoms with Gasteiger partial charge >= 0.3 is 5.97 Å². The fraction of sp³-hybridized carbons (Fsp3) is 0.350. The van der Waals surface area contributed by atoms with Crippen LogP contribution < -0.4 is 0 Å². The van der Waals surface area contributed by atoms with Crippen molar-refractivity contribution in [2.45, 2.75) is 25.8 Å². The molecule has 2 unspecified atom stereocenters. The number of pyridine rings is 1. The third-order valence-electron chi connectivity index (χ3n) is 4.90. The number of benzene rings is 1. The van der Waals surface area contributed by atoms with Crippen LogP contribution in [0.4, 0.5) is 0 Å². The number of carboxylic acids is 1. The van der Waals surface area contributed by atoms with Crippen LogP contribution >= 0.6 is 11.3 Å². The molecule has 2 atom stereocenters. The van der Waals surface area contributed by atoms with Gasteiger partial charge in [-0.15, -0.1) is 11.3 Å². The summed E-state index contributed by atoms with van der Waals surface area (Å²) in [5, 5.41) is 10.5. The van der Waals surface area contributed by atoms with Gasteiger partial charge in [0.05, 0.1) is 21.8 Å². The molecule has 0 aliphatic carbocycles. The first-order chi connectivity index (χ1) is 12.6. The lowest BCUT2D eigenvalue weighted by Gasteiger charge is -2.35. The standard InChI is InChI=1S/C20H21N3O2S/c1-13-6-4-9-16(21-13)18(23-11-5-7-14(12-23)20(24)25)19-22-15-8-2-3-10-17(15)26-19/h2-4,6,8-10,14,18H,5,7,11-12H2,1H3,(H,24,25). The van der Waals surface area contributed by atoms with Crippen molar-refractivity contribution in [1.82, 2.24) is 14.9 Å². The Labute approximate surface area is 156 Å². The molecule has 0 amide bonds. The van der Waals surface area contributed by atoms with Gasteiger partial charge < -0.3 is 5.11 Å². The quantitative estimate of drug-likeness (QED) is 0.758. The lowest BCUT2D eigenvalue weighted by atomic mass is 9.96. The summed E-state index contributed by atoms with van der Waals surface area (Å²) < 4.78 is 1.15. The van der Waals surface area contributed by atoms with Crippen LogP contribution in [-0.2, 0) is 4.79 Å². The lowest BCUT2D eigenvalue weighted by molar-refractivity contribution is -0.143. The van der Waals surface area contributed by atoms with Crippen LogP contribution in [0.15, 0.2) is 42.5 Å². The maximum absolute atomic E-state index is 11.5. The number of aromatic nitrogens is 2. The second-order valence-electron chi connectivity index (χ2n) is 6.80. The van der Waals surface area contributed by atoms with Crippen LogP contribution in [0.2, 0.25) is 0 Å². The number of aryl methyl sites for hydroxylation is 1. The fourth-order valence-corrected chi connectivity index (χ4v) is 4.75. The van der Waals surface area contributed by atoms with Crippen molar-refractivity contribution in [2.24, 2.45) is 5.92 Å². The minimum absolute atomic E-state index is 0.102. The van der Waals surface area contributed by atoms with E-state index in [1.807, 2.05) is 43.3 Å². The third-order valence-corrected chi connectivity index (χ3v) is 5.99. The Morgan fingerprint density at radius 3 is 2.85 bits per heavy atom. The van der Waals surface area contributed by atoms with Gasteiger partial charge in [-0.2, -0.15) is 0 Å². The summed E-state index contributed by atoms with van der Waals surface area (Å²) in [5.41, 5.74) is 2.88. The Morgan fingerprint density at radius 2 is 2.08 bits per heavy atom. The number of likely N-dealkylation sites (tertiary alicyclic amines) is 1. The third kappa shape index (κ3) is 3.34. The van der Waals surface area contributed by atoms with Crippen LogP contribution in [0, 0.1) is 12.8 Å². The van der Waals surface area contributed by atoms with Crippen LogP contribution in [0.3, 0.4) is 0 Å². The Bertz CT molecular complexity index is 906. The molecule has 1 saturated heterocycles. The van der Waals surface area contributed by atoms with Crippen LogP contribution in [-0.4, -0.2) is 39.0 Å². The molecule has 5 nitrogen and oxygen atoms in total. The Hall–Kier alpha value is -2.31. The molecule has 4 rings (SSSR count). The van der Waals surface area contributed by atoms with Crippen molar-refractivity contribution in [3.05, 3.63) is 58.9 Å². The predicted octanol–water partition coefficient (Wildman–Crippen LogP) is 3.89. The van der Waals surface area contributed by atoms with E-state index >= 15 is 0 Å². The number of fused-ring (bicyclic) bond motifs is 1. The zero-order chi connectivity index (χ0) is 18.1. The van der Waals surface area contributed by atoms with Crippen molar-refractivity contribution in [3.8, 4) is 0 Å². The molecule has 0 bridgehead atoms. The van der Waals surface area contributed by atoms with Gasteiger partial charge in [0.2, 0.25) is 0 Å². The van der Waals surface area contributed by atoms with E-state index in [1.54, 1.807) is 11.3 Å². The summed E-state index contributed by atoms with van der Waals surface area (Å²) >= 11 is 1.67. The Balaban J connectivity index is 1.77. The van der Waals surface area contributed by atoms with Gasteiger partial charge in [0.15, 0.2) is 0 Å². The van der Waals surface area contributed by atoms with E-state index in [4.69, 9.17) is 9.97 Å². The van der Waals surface area contributed by atoms with E-state index in [0.717, 1.165) is 46.0 Å². The largest absolute Gasteiger partial charge is 0.481 e. The molecule has 134 valence electrons. The number of aliphatic carboxylic acids is 1. The molecule has 1 fully saturated rings. The van der Waals surface area contributed by atoms with Crippen molar-refractivity contribution in [3.63, 3.8) is 0 Å². The van der Waals surface area contributed by atoms with E-state index in [9.17, 15) is 9.90 Å². The van der Waals surface area contributed by atoms with Gasteiger partial charge in [-0.05, 0) is 50.6 Å². The number of para-hydroxylation sites is 1. The van der Waals surface area contributed by atoms with E-state index in [1.165, 1.54) is 0 Å². The van der Waals surface area contributed by atoms with Gasteiger partial charge in [0.25, 0.3) is 0 Å². The molecule has 1 aliphatic heterocycles. The van der Waals surface area contributed by atoms with Crippen LogP contribution in [0.5, 0.6) is 0 Å². The first kappa shape index (κ1) is 17.1. The number of thiazole rings is 1. The number of carboxylic acid groups (broad SMARTS) is 1. The molecule has 26 heavy (non-hydrogen) atoms. The minimum atomic E-state index is -0.713. The molecule has 3 aromatic rings. The number of hydrogen-bond acceptors (Lipinski definition) is 5. The van der Waals surface area contributed by atoms with Gasteiger partial charge in [0, 0.05) is 12.2 Å². The average Bonchev–Trinajstić information content (AvgIpc) is 3.05. The van der Waals surface area contributed by atoms with Crippen molar-refractivity contribution >= 4 is 27.5 Å². The van der Waals surface area contributed by atoms with E-state index in [0.29, 0.717) is 6.54 Å². The number of carbonyl (C=O) groups is 1. The summed E-state index contributed by atoms with van der Waals surface area (Å²) in [6.45, 7) is 3.38. The highest BCUT2D eigenvalue weighted by Gasteiger charge is 2.33. The highest BCUT2D eigenvalue weighted by molar-refractivity contribution is 7.18. The maximum Gasteiger partial charge on any atom is 0.307 e. The van der Waals surface area contributed by atoms with Crippen molar-refractivity contribution in [1.29, 1.82) is 0 Å². The molecule has 1 aliphatic rings. The summed E-state index contributed by atoms with van der Waals surface area (Å²) in [7, 11) is 0. The summed E-state index contributed by atoms with van der Waals surface area (Å²) in [6, 6.07) is 14.0. The zero-order valence-electron chi connectivity index (χ0n) is 14.6. The molecular weight excluding hydrogens is 346 g/mol. The SMILES string of the molecule is Cc1cccc(C(c2nc3ccccc3s2)N2CCCC(C(=O)O)C2)n1. The normalized spacial score (nSPS) is 19.5. The van der Waals surface area contributed by atoms with Gasteiger partial charge in [-0.25, -0.2) is 4.98 Å². The molecule has 0 radical (unpaired) electrons. The van der Waals surface area contributed by atoms with Gasteiger partial charge in [0.1, 0.15) is 11.0 Å². The second kappa shape index (κ2) is 7.13. The molecule has 3 heterocycles. The minimum Gasteiger partial charge on any atom is -0.481 e. The van der Waals surface area contributed by atoms with E-state index in [2.05, 4.69) is 11.0 Å². The van der Waals surface area contributed by atoms with Gasteiger partial charge in [-0.3, -0.25) is 14.7 Å². The van der Waals surface area contributed by atoms with E-state index < -0.39 is 5.97 Å². The molecular formula is C20H21N3O2S.